The van der Waals surface area contributed by atoms with Gasteiger partial charge in [0.25, 0.3) is 0 Å². The summed E-state index contributed by atoms with van der Waals surface area (Å²) in [7, 11) is 0. The molecule has 1 aromatic heterocycles. The third-order valence-electron chi connectivity index (χ3n) is 4.69. The molecule has 0 saturated heterocycles. The number of likely N-dealkylation sites (N-methyl/N-ethyl adjacent to an activating group) is 1. The van der Waals surface area contributed by atoms with Gasteiger partial charge >= 0.3 is 0 Å². The summed E-state index contributed by atoms with van der Waals surface area (Å²) in [4.78, 5) is 4.58. The Morgan fingerprint density at radius 1 is 1.25 bits per heavy atom. The lowest BCUT2D eigenvalue weighted by Crippen LogP contribution is -2.45. The van der Waals surface area contributed by atoms with Gasteiger partial charge in [-0.15, -0.1) is 0 Å². The predicted molar refractivity (Wildman–Crippen MR) is 83.8 cm³/mol. The fraction of sp³-hybridized carbons (Fsp3) is 0.588. The van der Waals surface area contributed by atoms with Gasteiger partial charge in [-0.2, -0.15) is 0 Å². The first-order valence-electron chi connectivity index (χ1n) is 7.85. The van der Waals surface area contributed by atoms with Crippen LogP contribution in [0.4, 0.5) is 0 Å². The second-order valence-electron chi connectivity index (χ2n) is 6.35. The molecule has 1 aliphatic rings. The van der Waals surface area contributed by atoms with Crippen LogP contribution in [-0.4, -0.2) is 22.1 Å². The predicted octanol–water partition coefficient (Wildman–Crippen LogP) is 3.62. The number of imidazole rings is 1. The van der Waals surface area contributed by atoms with E-state index < -0.39 is 0 Å². The number of nitrogens with zero attached hydrogens (tertiary/aromatic N) is 2. The maximum absolute atomic E-state index is 4.58. The van der Waals surface area contributed by atoms with Crippen LogP contribution in [0.1, 0.15) is 39.7 Å². The van der Waals surface area contributed by atoms with E-state index in [1.807, 2.05) is 6.33 Å². The van der Waals surface area contributed by atoms with Gasteiger partial charge in [0.05, 0.1) is 23.4 Å². The van der Waals surface area contributed by atoms with Crippen molar-refractivity contribution in [3.8, 4) is 0 Å². The SMILES string of the molecule is CCNC1CC(C)CC(C)C1n1cnc2ccccc21. The molecule has 0 bridgehead atoms. The molecule has 3 rings (SSSR count). The molecule has 0 amide bonds. The number of fused-ring (bicyclic) bond motifs is 1. The Bertz CT molecular complexity index is 574. The largest absolute Gasteiger partial charge is 0.326 e. The molecular weight excluding hydrogens is 246 g/mol. The molecule has 0 radical (unpaired) electrons. The average Bonchev–Trinajstić information content (AvgIpc) is 2.82. The maximum Gasteiger partial charge on any atom is 0.0961 e. The lowest BCUT2D eigenvalue weighted by Gasteiger charge is -2.41. The normalized spacial score (nSPS) is 30.8. The van der Waals surface area contributed by atoms with E-state index in [4.69, 9.17) is 0 Å². The van der Waals surface area contributed by atoms with Gasteiger partial charge in [0, 0.05) is 6.04 Å². The van der Waals surface area contributed by atoms with Gasteiger partial charge in [0.1, 0.15) is 0 Å². The number of benzene rings is 1. The highest BCUT2D eigenvalue weighted by atomic mass is 15.1. The van der Waals surface area contributed by atoms with Crippen molar-refractivity contribution in [2.75, 3.05) is 6.54 Å². The fourth-order valence-corrected chi connectivity index (χ4v) is 3.99. The van der Waals surface area contributed by atoms with E-state index in [9.17, 15) is 0 Å². The second-order valence-corrected chi connectivity index (χ2v) is 6.35. The molecule has 1 aromatic carbocycles. The molecule has 1 aliphatic carbocycles. The number of para-hydroxylation sites is 2. The molecule has 4 atom stereocenters. The molecule has 20 heavy (non-hydrogen) atoms. The standard InChI is InChI=1S/C17H25N3/c1-4-18-15-10-12(2)9-13(3)17(15)20-11-19-14-7-5-6-8-16(14)20/h5-8,11-13,15,17-18H,4,9-10H2,1-3H3. The molecule has 0 aliphatic heterocycles. The Hall–Kier alpha value is -1.35. The first kappa shape index (κ1) is 13.6. The fourth-order valence-electron chi connectivity index (χ4n) is 3.99. The summed E-state index contributed by atoms with van der Waals surface area (Å²) in [6, 6.07) is 9.53. The van der Waals surface area contributed by atoms with Crippen molar-refractivity contribution in [1.29, 1.82) is 0 Å². The Balaban J connectivity index is 2.00. The van der Waals surface area contributed by atoms with Crippen molar-refractivity contribution < 1.29 is 0 Å². The first-order valence-corrected chi connectivity index (χ1v) is 7.85. The van der Waals surface area contributed by atoms with Gasteiger partial charge < -0.3 is 9.88 Å². The van der Waals surface area contributed by atoms with Crippen LogP contribution < -0.4 is 5.32 Å². The summed E-state index contributed by atoms with van der Waals surface area (Å²) in [5.41, 5.74) is 2.37. The second kappa shape index (κ2) is 5.57. The molecule has 1 N–H and O–H groups in total. The molecule has 3 nitrogen and oxygen atoms in total. The zero-order valence-electron chi connectivity index (χ0n) is 12.7. The molecule has 0 spiro atoms. The van der Waals surface area contributed by atoms with Gasteiger partial charge in [-0.05, 0) is 43.4 Å². The zero-order valence-corrected chi connectivity index (χ0v) is 12.7. The molecule has 1 heterocycles. The van der Waals surface area contributed by atoms with Crippen LogP contribution in [0.3, 0.4) is 0 Å². The minimum absolute atomic E-state index is 0.513. The van der Waals surface area contributed by atoms with Gasteiger partial charge in [-0.3, -0.25) is 0 Å². The van der Waals surface area contributed by atoms with Gasteiger partial charge in [0.15, 0.2) is 0 Å². The average molecular weight is 271 g/mol. The topological polar surface area (TPSA) is 29.9 Å². The zero-order chi connectivity index (χ0) is 14.1. The minimum Gasteiger partial charge on any atom is -0.326 e. The van der Waals surface area contributed by atoms with Crippen molar-refractivity contribution in [3.63, 3.8) is 0 Å². The van der Waals surface area contributed by atoms with Crippen LogP contribution in [0.2, 0.25) is 0 Å². The van der Waals surface area contributed by atoms with E-state index in [0.717, 1.165) is 18.0 Å². The van der Waals surface area contributed by atoms with Crippen molar-refractivity contribution in [2.24, 2.45) is 11.8 Å². The van der Waals surface area contributed by atoms with E-state index in [-0.39, 0.29) is 0 Å². The van der Waals surface area contributed by atoms with Crippen LogP contribution >= 0.6 is 0 Å². The van der Waals surface area contributed by atoms with Crippen LogP contribution in [-0.2, 0) is 0 Å². The summed E-state index contributed by atoms with van der Waals surface area (Å²) in [6.07, 6.45) is 4.60. The van der Waals surface area contributed by atoms with E-state index in [0.29, 0.717) is 18.0 Å². The summed E-state index contributed by atoms with van der Waals surface area (Å²) >= 11 is 0. The molecule has 1 fully saturated rings. The third-order valence-corrected chi connectivity index (χ3v) is 4.69. The summed E-state index contributed by atoms with van der Waals surface area (Å²) in [5.74, 6) is 1.49. The van der Waals surface area contributed by atoms with E-state index in [1.165, 1.54) is 18.4 Å². The van der Waals surface area contributed by atoms with Crippen LogP contribution in [0.5, 0.6) is 0 Å². The van der Waals surface area contributed by atoms with Gasteiger partial charge in [0.2, 0.25) is 0 Å². The monoisotopic (exact) mass is 271 g/mol. The highest BCUT2D eigenvalue weighted by Crippen LogP contribution is 2.38. The van der Waals surface area contributed by atoms with Crippen molar-refractivity contribution in [3.05, 3.63) is 30.6 Å². The lowest BCUT2D eigenvalue weighted by molar-refractivity contribution is 0.158. The molecule has 1 saturated carbocycles. The lowest BCUT2D eigenvalue weighted by atomic mass is 9.76. The number of aromatic nitrogens is 2. The Morgan fingerprint density at radius 3 is 2.85 bits per heavy atom. The van der Waals surface area contributed by atoms with Gasteiger partial charge in [-0.1, -0.05) is 32.9 Å². The third kappa shape index (κ3) is 2.35. The smallest absolute Gasteiger partial charge is 0.0961 e. The van der Waals surface area contributed by atoms with Crippen LogP contribution in [0.25, 0.3) is 11.0 Å². The minimum atomic E-state index is 0.513. The number of hydrogen-bond donors (Lipinski definition) is 1. The van der Waals surface area contributed by atoms with E-state index in [2.05, 4.69) is 59.9 Å². The number of hydrogen-bond acceptors (Lipinski definition) is 2. The Morgan fingerprint density at radius 2 is 2.05 bits per heavy atom. The molecule has 4 unspecified atom stereocenters. The van der Waals surface area contributed by atoms with Crippen LogP contribution in [0, 0.1) is 11.8 Å². The Kier molecular flexibility index (Phi) is 3.79. The molecule has 2 aromatic rings. The van der Waals surface area contributed by atoms with Crippen molar-refractivity contribution in [1.82, 2.24) is 14.9 Å². The first-order chi connectivity index (χ1) is 9.70. The molecule has 108 valence electrons. The highest BCUT2D eigenvalue weighted by Gasteiger charge is 2.35. The number of nitrogens with one attached hydrogen (secondary N) is 1. The summed E-state index contributed by atoms with van der Waals surface area (Å²) in [5, 5.41) is 3.70. The number of rotatable bonds is 3. The Labute approximate surface area is 121 Å². The van der Waals surface area contributed by atoms with E-state index >= 15 is 0 Å². The van der Waals surface area contributed by atoms with E-state index in [1.54, 1.807) is 0 Å². The van der Waals surface area contributed by atoms with Crippen molar-refractivity contribution in [2.45, 2.75) is 45.7 Å². The van der Waals surface area contributed by atoms with Crippen molar-refractivity contribution >= 4 is 11.0 Å². The summed E-state index contributed by atoms with van der Waals surface area (Å²) < 4.78 is 2.40. The molecular formula is C17H25N3. The van der Waals surface area contributed by atoms with Gasteiger partial charge in [-0.25, -0.2) is 4.98 Å². The highest BCUT2D eigenvalue weighted by molar-refractivity contribution is 5.75. The quantitative estimate of drug-likeness (QED) is 0.924. The van der Waals surface area contributed by atoms with Crippen LogP contribution in [0.15, 0.2) is 30.6 Å². The summed E-state index contributed by atoms with van der Waals surface area (Å²) in [6.45, 7) is 8.00. The molecule has 3 heteroatoms. The maximum atomic E-state index is 4.58.